The molecule has 0 aromatic heterocycles. The predicted molar refractivity (Wildman–Crippen MR) is 70.4 cm³/mol. The fraction of sp³-hybridized carbons (Fsp3) is 0.0714. The molecule has 0 aliphatic heterocycles. The van der Waals surface area contributed by atoms with E-state index in [9.17, 15) is 18.0 Å². The Kier molecular flexibility index (Phi) is 3.72. The second-order valence-corrected chi connectivity index (χ2v) is 4.54. The van der Waals surface area contributed by atoms with Gasteiger partial charge in [0.05, 0.1) is 5.56 Å². The van der Waals surface area contributed by atoms with Crippen molar-refractivity contribution in [3.63, 3.8) is 0 Å². The summed E-state index contributed by atoms with van der Waals surface area (Å²) < 4.78 is 37.7. The molecule has 0 fully saturated rings. The van der Waals surface area contributed by atoms with Gasteiger partial charge in [0, 0.05) is 16.1 Å². The van der Waals surface area contributed by atoms with Crippen LogP contribution in [0.4, 0.5) is 13.2 Å². The van der Waals surface area contributed by atoms with Crippen LogP contribution in [0.15, 0.2) is 42.5 Å². The summed E-state index contributed by atoms with van der Waals surface area (Å²) in [5, 5.41) is -0.0403. The van der Waals surface area contributed by atoms with Crippen molar-refractivity contribution in [1.29, 1.82) is 0 Å². The van der Waals surface area contributed by atoms with E-state index < -0.39 is 17.6 Å². The Balaban J connectivity index is 2.49. The molecule has 0 saturated carbocycles. The van der Waals surface area contributed by atoms with Crippen LogP contribution in [0.2, 0.25) is 5.02 Å². The molecule has 6 heteroatoms. The van der Waals surface area contributed by atoms with Gasteiger partial charge in [-0.3, -0.25) is 4.79 Å². The maximum atomic E-state index is 12.6. The van der Waals surface area contributed by atoms with Gasteiger partial charge in [-0.1, -0.05) is 29.8 Å². The Morgan fingerprint density at radius 1 is 1.10 bits per heavy atom. The zero-order valence-electron chi connectivity index (χ0n) is 10.0. The second kappa shape index (κ2) is 5.17. The van der Waals surface area contributed by atoms with Crippen molar-refractivity contribution >= 4 is 17.5 Å². The van der Waals surface area contributed by atoms with Crippen molar-refractivity contribution in [3.05, 3.63) is 58.6 Å². The van der Waals surface area contributed by atoms with Crippen LogP contribution in [0.25, 0.3) is 11.1 Å². The van der Waals surface area contributed by atoms with Gasteiger partial charge >= 0.3 is 6.18 Å². The molecular weight excluding hydrogens is 291 g/mol. The third-order valence-corrected chi connectivity index (χ3v) is 3.07. The van der Waals surface area contributed by atoms with E-state index in [2.05, 4.69) is 0 Å². The molecule has 0 saturated heterocycles. The minimum absolute atomic E-state index is 0.0403. The van der Waals surface area contributed by atoms with Crippen LogP contribution < -0.4 is 5.73 Å². The molecule has 2 aromatic rings. The van der Waals surface area contributed by atoms with E-state index in [1.807, 2.05) is 0 Å². The number of carbonyl (C=O) groups excluding carboxylic acids is 1. The number of amides is 1. The summed E-state index contributed by atoms with van der Waals surface area (Å²) >= 11 is 5.89. The van der Waals surface area contributed by atoms with E-state index in [1.165, 1.54) is 18.2 Å². The van der Waals surface area contributed by atoms with Crippen LogP contribution >= 0.6 is 11.6 Å². The van der Waals surface area contributed by atoms with Gasteiger partial charge < -0.3 is 5.73 Å². The molecule has 0 radical (unpaired) electrons. The fourth-order valence-corrected chi connectivity index (χ4v) is 2.06. The van der Waals surface area contributed by atoms with Crippen molar-refractivity contribution in [2.24, 2.45) is 5.73 Å². The lowest BCUT2D eigenvalue weighted by molar-refractivity contribution is -0.137. The number of hydrogen-bond acceptors (Lipinski definition) is 1. The molecule has 2 nitrogen and oxygen atoms in total. The number of alkyl halides is 3. The molecule has 0 heterocycles. The van der Waals surface area contributed by atoms with Crippen molar-refractivity contribution in [3.8, 4) is 11.1 Å². The van der Waals surface area contributed by atoms with Gasteiger partial charge in [-0.15, -0.1) is 0 Å². The highest BCUT2D eigenvalue weighted by atomic mass is 35.5. The zero-order valence-corrected chi connectivity index (χ0v) is 10.8. The van der Waals surface area contributed by atoms with Crippen molar-refractivity contribution in [2.45, 2.75) is 6.18 Å². The number of benzene rings is 2. The number of carbonyl (C=O) groups is 1. The number of hydrogen-bond donors (Lipinski definition) is 1. The summed E-state index contributed by atoms with van der Waals surface area (Å²) in [4.78, 5) is 11.1. The number of rotatable bonds is 2. The van der Waals surface area contributed by atoms with Crippen LogP contribution in [0.1, 0.15) is 15.9 Å². The first-order chi connectivity index (χ1) is 9.29. The van der Waals surface area contributed by atoms with Crippen LogP contribution in [0, 0.1) is 0 Å². The van der Waals surface area contributed by atoms with Crippen molar-refractivity contribution < 1.29 is 18.0 Å². The first-order valence-electron chi connectivity index (χ1n) is 5.56. The molecule has 2 rings (SSSR count). The highest BCUT2D eigenvalue weighted by molar-refractivity contribution is 6.33. The summed E-state index contributed by atoms with van der Waals surface area (Å²) in [6.07, 6.45) is -4.45. The van der Waals surface area contributed by atoms with Gasteiger partial charge in [-0.2, -0.15) is 13.2 Å². The summed E-state index contributed by atoms with van der Waals surface area (Å²) in [5.41, 5.74) is 5.53. The van der Waals surface area contributed by atoms with Crippen LogP contribution in [0.3, 0.4) is 0 Å². The molecule has 2 aromatic carbocycles. The molecular formula is C14H9ClF3NO. The molecule has 0 atom stereocenters. The number of halogens is 4. The highest BCUT2D eigenvalue weighted by Crippen LogP contribution is 2.35. The highest BCUT2D eigenvalue weighted by Gasteiger charge is 2.30. The van der Waals surface area contributed by atoms with Gasteiger partial charge in [0.15, 0.2) is 0 Å². The van der Waals surface area contributed by atoms with Gasteiger partial charge in [-0.05, 0) is 29.8 Å². The average Bonchev–Trinajstić information content (AvgIpc) is 2.37. The van der Waals surface area contributed by atoms with Gasteiger partial charge in [0.2, 0.25) is 5.91 Å². The third kappa shape index (κ3) is 2.93. The molecule has 20 heavy (non-hydrogen) atoms. The van der Waals surface area contributed by atoms with E-state index in [-0.39, 0.29) is 10.6 Å². The zero-order chi connectivity index (χ0) is 14.9. The van der Waals surface area contributed by atoms with Gasteiger partial charge in [0.25, 0.3) is 0 Å². The summed E-state index contributed by atoms with van der Waals surface area (Å²) in [6, 6.07) is 9.29. The lowest BCUT2D eigenvalue weighted by atomic mass is 10.0. The Bertz CT molecular complexity index is 668. The van der Waals surface area contributed by atoms with Gasteiger partial charge in [0.1, 0.15) is 0 Å². The fourth-order valence-electron chi connectivity index (χ4n) is 1.77. The normalized spacial score (nSPS) is 11.4. The maximum Gasteiger partial charge on any atom is 0.416 e. The topological polar surface area (TPSA) is 43.1 Å². The lowest BCUT2D eigenvalue weighted by Gasteiger charge is -2.10. The molecule has 0 unspecified atom stereocenters. The van der Waals surface area contributed by atoms with E-state index in [0.29, 0.717) is 11.1 Å². The van der Waals surface area contributed by atoms with Crippen molar-refractivity contribution in [1.82, 2.24) is 0 Å². The molecule has 2 N–H and O–H groups in total. The van der Waals surface area contributed by atoms with Gasteiger partial charge in [-0.25, -0.2) is 0 Å². The Morgan fingerprint density at radius 2 is 1.80 bits per heavy atom. The minimum atomic E-state index is -4.45. The second-order valence-electron chi connectivity index (χ2n) is 4.14. The van der Waals surface area contributed by atoms with E-state index in [1.54, 1.807) is 12.1 Å². The lowest BCUT2D eigenvalue weighted by Crippen LogP contribution is -2.10. The maximum absolute atomic E-state index is 12.6. The largest absolute Gasteiger partial charge is 0.416 e. The van der Waals surface area contributed by atoms with Crippen LogP contribution in [-0.4, -0.2) is 5.91 Å². The summed E-state index contributed by atoms with van der Waals surface area (Å²) in [6.45, 7) is 0. The molecule has 1 amide bonds. The molecule has 0 spiro atoms. The van der Waals surface area contributed by atoms with Crippen LogP contribution in [-0.2, 0) is 6.18 Å². The molecule has 104 valence electrons. The molecule has 0 aliphatic carbocycles. The smallest absolute Gasteiger partial charge is 0.366 e. The molecule has 0 aliphatic rings. The summed E-state index contributed by atoms with van der Waals surface area (Å²) in [5.74, 6) is -0.616. The Morgan fingerprint density at radius 3 is 2.35 bits per heavy atom. The quantitative estimate of drug-likeness (QED) is 0.890. The standard InChI is InChI=1S/C14H9ClF3NO/c15-12-7-10(14(16,17)18)4-5-11(12)8-2-1-3-9(6-8)13(19)20/h1-7H,(H2,19,20). The number of nitrogens with two attached hydrogens (primary N) is 1. The number of primary amides is 1. The van der Waals surface area contributed by atoms with Crippen LogP contribution in [0.5, 0.6) is 0 Å². The average molecular weight is 300 g/mol. The minimum Gasteiger partial charge on any atom is -0.366 e. The SMILES string of the molecule is NC(=O)c1cccc(-c2ccc(C(F)(F)F)cc2Cl)c1. The summed E-state index contributed by atoms with van der Waals surface area (Å²) in [7, 11) is 0. The first kappa shape index (κ1) is 14.4. The first-order valence-corrected chi connectivity index (χ1v) is 5.94. The monoisotopic (exact) mass is 299 g/mol. The van der Waals surface area contributed by atoms with Crippen molar-refractivity contribution in [2.75, 3.05) is 0 Å². The third-order valence-electron chi connectivity index (χ3n) is 2.75. The Labute approximate surface area is 118 Å². The Hall–Kier alpha value is -2.01. The van der Waals surface area contributed by atoms with E-state index in [4.69, 9.17) is 17.3 Å². The molecule has 0 bridgehead atoms. The van der Waals surface area contributed by atoms with E-state index in [0.717, 1.165) is 12.1 Å². The van der Waals surface area contributed by atoms with E-state index >= 15 is 0 Å². The predicted octanol–water partition coefficient (Wildman–Crippen LogP) is 4.12.